The second-order valence-corrected chi connectivity index (χ2v) is 4.69. The van der Waals surface area contributed by atoms with Gasteiger partial charge in [-0.15, -0.1) is 0 Å². The lowest BCUT2D eigenvalue weighted by molar-refractivity contribution is 0.0230. The molecular weight excluding hydrogens is 286 g/mol. The van der Waals surface area contributed by atoms with Crippen LogP contribution >= 0.6 is 28.5 Å². The molecule has 0 aromatic carbocycles. The van der Waals surface area contributed by atoms with Gasteiger partial charge in [-0.1, -0.05) is 20.3 Å². The molecule has 0 saturated carbocycles. The van der Waals surface area contributed by atoms with Gasteiger partial charge in [0.25, 0.3) is 0 Å². The maximum absolute atomic E-state index is 5.34. The summed E-state index contributed by atoms with van der Waals surface area (Å²) in [5, 5.41) is 0. The zero-order valence-electron chi connectivity index (χ0n) is 7.97. The third-order valence-corrected chi connectivity index (χ3v) is 3.19. The fraction of sp³-hybridized carbons (Fsp3) is 1.00. The SMILES string of the molecule is CCCC(C)C(COPI)OC. The molecule has 4 heteroatoms. The number of hydrogen-bond acceptors (Lipinski definition) is 2. The Hall–Kier alpha value is 1.08. The van der Waals surface area contributed by atoms with E-state index in [9.17, 15) is 0 Å². The molecule has 0 heterocycles. The molecule has 3 unspecified atom stereocenters. The molecule has 0 aromatic rings. The van der Waals surface area contributed by atoms with Gasteiger partial charge in [-0.3, -0.25) is 0 Å². The zero-order chi connectivity index (χ0) is 9.40. The summed E-state index contributed by atoms with van der Waals surface area (Å²) in [5.41, 5.74) is 0. The Balaban J connectivity index is 3.62. The number of rotatable bonds is 7. The third kappa shape index (κ3) is 5.68. The topological polar surface area (TPSA) is 18.5 Å². The summed E-state index contributed by atoms with van der Waals surface area (Å²) in [7, 11) is 1.76. The highest BCUT2D eigenvalue weighted by Gasteiger charge is 2.15. The quantitative estimate of drug-likeness (QED) is 0.530. The van der Waals surface area contributed by atoms with Gasteiger partial charge in [0, 0.05) is 7.11 Å². The molecule has 0 spiro atoms. The minimum Gasteiger partial charge on any atom is -0.379 e. The van der Waals surface area contributed by atoms with Crippen molar-refractivity contribution in [1.29, 1.82) is 0 Å². The van der Waals surface area contributed by atoms with Gasteiger partial charge in [0.05, 0.1) is 19.2 Å². The Kier molecular flexibility index (Phi) is 9.45. The van der Waals surface area contributed by atoms with E-state index < -0.39 is 0 Å². The molecule has 0 aliphatic carbocycles. The standard InChI is InChI=1S/C8H18IO2P/c1-4-5-7(2)8(10-3)6-11-12-9/h7-8,12H,4-6H2,1-3H3. The average Bonchev–Trinajstić information content (AvgIpc) is 2.06. The molecule has 12 heavy (non-hydrogen) atoms. The van der Waals surface area contributed by atoms with Crippen molar-refractivity contribution in [3.63, 3.8) is 0 Å². The number of ether oxygens (including phenoxy) is 1. The normalized spacial score (nSPS) is 17.0. The van der Waals surface area contributed by atoms with E-state index in [1.165, 1.54) is 12.8 Å². The first-order valence-corrected chi connectivity index (χ1v) is 8.28. The van der Waals surface area contributed by atoms with Gasteiger partial charge in [0.15, 0.2) is 0 Å². The van der Waals surface area contributed by atoms with Gasteiger partial charge in [-0.2, -0.15) is 0 Å². The van der Waals surface area contributed by atoms with E-state index in [-0.39, 0.29) is 6.10 Å². The van der Waals surface area contributed by atoms with E-state index in [0.717, 1.165) is 6.61 Å². The van der Waals surface area contributed by atoms with Crippen LogP contribution in [0.3, 0.4) is 0 Å². The van der Waals surface area contributed by atoms with Gasteiger partial charge in [-0.25, -0.2) is 0 Å². The summed E-state index contributed by atoms with van der Waals surface area (Å²) in [6.07, 6.45) is 2.70. The van der Waals surface area contributed by atoms with Crippen molar-refractivity contribution < 1.29 is 9.26 Å². The highest BCUT2D eigenvalue weighted by Crippen LogP contribution is 2.24. The summed E-state index contributed by atoms with van der Waals surface area (Å²) in [6, 6.07) is 0. The maximum atomic E-state index is 5.34. The van der Waals surface area contributed by atoms with Crippen LogP contribution in [0.1, 0.15) is 26.7 Å². The van der Waals surface area contributed by atoms with Crippen molar-refractivity contribution in [1.82, 2.24) is 0 Å². The van der Waals surface area contributed by atoms with Crippen LogP contribution < -0.4 is 0 Å². The molecule has 0 N–H and O–H groups in total. The highest BCUT2D eigenvalue weighted by atomic mass is 127. The molecule has 3 atom stereocenters. The molecule has 74 valence electrons. The molecular formula is C8H18IO2P. The lowest BCUT2D eigenvalue weighted by Gasteiger charge is -2.21. The van der Waals surface area contributed by atoms with E-state index in [4.69, 9.17) is 9.26 Å². The van der Waals surface area contributed by atoms with Crippen molar-refractivity contribution in [3.05, 3.63) is 0 Å². The maximum Gasteiger partial charge on any atom is 0.0833 e. The average molecular weight is 304 g/mol. The van der Waals surface area contributed by atoms with Crippen LogP contribution in [0.15, 0.2) is 0 Å². The predicted molar refractivity (Wildman–Crippen MR) is 63.2 cm³/mol. The summed E-state index contributed by atoms with van der Waals surface area (Å²) >= 11 is 2.23. The summed E-state index contributed by atoms with van der Waals surface area (Å²) in [5.74, 6) is 0.604. The smallest absolute Gasteiger partial charge is 0.0833 e. The Morgan fingerprint density at radius 2 is 2.17 bits per heavy atom. The minimum atomic E-state index is 0.271. The second-order valence-electron chi connectivity index (χ2n) is 2.93. The summed E-state index contributed by atoms with van der Waals surface area (Å²) < 4.78 is 10.7. The summed E-state index contributed by atoms with van der Waals surface area (Å²) in [6.45, 7) is 5.69. The van der Waals surface area contributed by atoms with Crippen LogP contribution in [-0.2, 0) is 9.26 Å². The molecule has 0 fully saturated rings. The molecule has 2 nitrogen and oxygen atoms in total. The predicted octanol–water partition coefficient (Wildman–Crippen LogP) is 3.40. The minimum absolute atomic E-state index is 0.271. The second kappa shape index (κ2) is 8.67. The van der Waals surface area contributed by atoms with Crippen molar-refractivity contribution in [2.24, 2.45) is 5.92 Å². The van der Waals surface area contributed by atoms with Gasteiger partial charge in [-0.05, 0) is 34.4 Å². The van der Waals surface area contributed by atoms with Gasteiger partial charge in [0.1, 0.15) is 0 Å². The molecule has 0 aliphatic heterocycles. The van der Waals surface area contributed by atoms with Crippen molar-refractivity contribution >= 4 is 28.5 Å². The van der Waals surface area contributed by atoms with Gasteiger partial charge < -0.3 is 9.26 Å². The van der Waals surface area contributed by atoms with Crippen LogP contribution in [0.4, 0.5) is 0 Å². The molecule has 0 rings (SSSR count). The van der Waals surface area contributed by atoms with E-state index in [2.05, 4.69) is 35.9 Å². The third-order valence-electron chi connectivity index (χ3n) is 1.98. The first-order valence-electron chi connectivity index (χ1n) is 4.26. The van der Waals surface area contributed by atoms with Crippen molar-refractivity contribution in [2.45, 2.75) is 32.8 Å². The van der Waals surface area contributed by atoms with Crippen LogP contribution in [0, 0.1) is 5.92 Å². The molecule has 0 bridgehead atoms. The van der Waals surface area contributed by atoms with E-state index >= 15 is 0 Å². The first-order chi connectivity index (χ1) is 5.76. The van der Waals surface area contributed by atoms with E-state index in [1.54, 1.807) is 7.11 Å². The Bertz CT molecular complexity index is 103. The highest BCUT2D eigenvalue weighted by molar-refractivity contribution is 14.2. The Morgan fingerprint density at radius 3 is 2.58 bits per heavy atom. The Labute approximate surface area is 90.1 Å². The fourth-order valence-electron chi connectivity index (χ4n) is 1.22. The first kappa shape index (κ1) is 13.1. The zero-order valence-corrected chi connectivity index (χ0v) is 11.1. The van der Waals surface area contributed by atoms with Gasteiger partial charge in [0.2, 0.25) is 0 Å². The molecule has 0 radical (unpaired) electrons. The largest absolute Gasteiger partial charge is 0.379 e. The van der Waals surface area contributed by atoms with Gasteiger partial charge >= 0.3 is 0 Å². The molecule has 0 aromatic heterocycles. The lowest BCUT2D eigenvalue weighted by Crippen LogP contribution is -2.24. The van der Waals surface area contributed by atoms with Crippen LogP contribution in [0.2, 0.25) is 0 Å². The Morgan fingerprint density at radius 1 is 1.50 bits per heavy atom. The molecule has 0 aliphatic rings. The van der Waals surface area contributed by atoms with Crippen molar-refractivity contribution in [2.75, 3.05) is 13.7 Å². The van der Waals surface area contributed by atoms with E-state index in [1.807, 2.05) is 0 Å². The fourth-order valence-corrected chi connectivity index (χ4v) is 1.99. The van der Waals surface area contributed by atoms with Crippen LogP contribution in [0.5, 0.6) is 0 Å². The lowest BCUT2D eigenvalue weighted by atomic mass is 10.00. The van der Waals surface area contributed by atoms with Crippen LogP contribution in [-0.4, -0.2) is 19.8 Å². The molecule has 0 saturated heterocycles. The monoisotopic (exact) mass is 304 g/mol. The van der Waals surface area contributed by atoms with Crippen LogP contribution in [0.25, 0.3) is 0 Å². The summed E-state index contributed by atoms with van der Waals surface area (Å²) in [4.78, 5) is 0. The number of hydrogen-bond donors (Lipinski definition) is 0. The molecule has 0 amide bonds. The number of methoxy groups -OCH3 is 1. The van der Waals surface area contributed by atoms with E-state index in [0.29, 0.717) is 12.4 Å². The number of halogens is 1. The van der Waals surface area contributed by atoms with Crippen molar-refractivity contribution in [3.8, 4) is 0 Å².